The van der Waals surface area contributed by atoms with Crippen LogP contribution in [0.25, 0.3) is 21.6 Å². The summed E-state index contributed by atoms with van der Waals surface area (Å²) in [5.74, 6) is 0.855. The van der Waals surface area contributed by atoms with Crippen molar-refractivity contribution in [2.45, 2.75) is 32.2 Å². The summed E-state index contributed by atoms with van der Waals surface area (Å²) in [7, 11) is 4.22. The standard InChI is InChI=1S/C25H27N7OS/c1-16-29-30-25(34-16)21-5-4-18-15-27-19(13-22(18)28-21)14-23(33)17-6-9-26-24(12-17)32(3)20-7-10-31(2)11-8-20/h4-6,9,12-13,15,20H,7-8,10-11,14H2,1-3H3. The maximum atomic E-state index is 13.1. The average molecular weight is 474 g/mol. The molecule has 0 bridgehead atoms. The topological polar surface area (TPSA) is 88.0 Å². The SMILES string of the molecule is Cc1nnc(-c2ccc3cnc(CC(=O)c4ccnc(N(C)C5CCN(C)CC5)c4)cc3n2)s1. The van der Waals surface area contributed by atoms with E-state index in [2.05, 4.69) is 44.1 Å². The molecular formula is C25H27N7OS. The molecule has 174 valence electrons. The number of pyridine rings is 3. The molecular weight excluding hydrogens is 446 g/mol. The zero-order valence-electron chi connectivity index (χ0n) is 19.6. The van der Waals surface area contributed by atoms with Crippen LogP contribution in [0.15, 0.2) is 42.7 Å². The highest BCUT2D eigenvalue weighted by molar-refractivity contribution is 7.14. The minimum atomic E-state index is 0.0168. The number of rotatable bonds is 6. The van der Waals surface area contributed by atoms with Gasteiger partial charge in [0, 0.05) is 36.4 Å². The third-order valence-corrected chi connectivity index (χ3v) is 7.24. The highest BCUT2D eigenvalue weighted by Crippen LogP contribution is 2.25. The molecule has 8 nitrogen and oxygen atoms in total. The number of carbonyl (C=O) groups excluding carboxylic acids is 1. The maximum Gasteiger partial charge on any atom is 0.169 e. The quantitative estimate of drug-likeness (QED) is 0.391. The molecule has 0 spiro atoms. The highest BCUT2D eigenvalue weighted by Gasteiger charge is 2.22. The van der Waals surface area contributed by atoms with E-state index in [1.54, 1.807) is 18.5 Å². The van der Waals surface area contributed by atoms with Crippen LogP contribution >= 0.6 is 11.3 Å². The van der Waals surface area contributed by atoms with E-state index in [9.17, 15) is 4.79 Å². The van der Waals surface area contributed by atoms with Gasteiger partial charge >= 0.3 is 0 Å². The van der Waals surface area contributed by atoms with E-state index >= 15 is 0 Å². The first-order chi connectivity index (χ1) is 16.5. The normalized spacial score (nSPS) is 15.0. The van der Waals surface area contributed by atoms with Crippen molar-refractivity contribution in [3.05, 3.63) is 59.0 Å². The minimum absolute atomic E-state index is 0.0168. The summed E-state index contributed by atoms with van der Waals surface area (Å²) in [5.41, 5.74) is 2.91. The molecule has 4 aromatic rings. The van der Waals surface area contributed by atoms with Crippen molar-refractivity contribution >= 4 is 33.8 Å². The summed E-state index contributed by atoms with van der Waals surface area (Å²) in [5, 5.41) is 10.9. The van der Waals surface area contributed by atoms with Crippen LogP contribution in [-0.4, -0.2) is 69.1 Å². The lowest BCUT2D eigenvalue weighted by Crippen LogP contribution is -2.42. The molecule has 0 atom stereocenters. The lowest BCUT2D eigenvalue weighted by molar-refractivity contribution is 0.0992. The van der Waals surface area contributed by atoms with Crippen molar-refractivity contribution in [3.8, 4) is 10.7 Å². The molecule has 0 amide bonds. The molecule has 0 saturated carbocycles. The van der Waals surface area contributed by atoms with E-state index < -0.39 is 0 Å². The van der Waals surface area contributed by atoms with E-state index in [4.69, 9.17) is 4.98 Å². The van der Waals surface area contributed by atoms with Crippen LogP contribution in [-0.2, 0) is 6.42 Å². The second kappa shape index (κ2) is 9.52. The maximum absolute atomic E-state index is 13.1. The molecule has 0 N–H and O–H groups in total. The molecule has 4 aromatic heterocycles. The summed E-state index contributed by atoms with van der Waals surface area (Å²) in [6.07, 6.45) is 5.89. The first kappa shape index (κ1) is 22.5. The smallest absolute Gasteiger partial charge is 0.169 e. The van der Waals surface area contributed by atoms with E-state index in [0.29, 0.717) is 17.3 Å². The van der Waals surface area contributed by atoms with Crippen molar-refractivity contribution in [3.63, 3.8) is 0 Å². The molecule has 5 heterocycles. The van der Waals surface area contributed by atoms with Crippen molar-refractivity contribution < 1.29 is 4.79 Å². The number of aryl methyl sites for hydroxylation is 1. The van der Waals surface area contributed by atoms with Gasteiger partial charge in [0.1, 0.15) is 16.5 Å². The zero-order chi connectivity index (χ0) is 23.7. The fraction of sp³-hybridized carbons (Fsp3) is 0.360. The number of fused-ring (bicyclic) bond motifs is 1. The van der Waals surface area contributed by atoms with Crippen LogP contribution in [0.3, 0.4) is 0 Å². The summed E-state index contributed by atoms with van der Waals surface area (Å²) >= 11 is 1.51. The summed E-state index contributed by atoms with van der Waals surface area (Å²) < 4.78 is 0. The van der Waals surface area contributed by atoms with Gasteiger partial charge in [0.2, 0.25) is 0 Å². The number of hydrogen-bond donors (Lipinski definition) is 0. The second-order valence-electron chi connectivity index (χ2n) is 8.84. The Hall–Kier alpha value is -3.30. The number of likely N-dealkylation sites (tertiary alicyclic amines) is 1. The third kappa shape index (κ3) is 4.80. The van der Waals surface area contributed by atoms with Gasteiger partial charge in [0.25, 0.3) is 0 Å². The minimum Gasteiger partial charge on any atom is -0.357 e. The molecule has 0 aliphatic carbocycles. The Balaban J connectivity index is 1.33. The fourth-order valence-corrected chi connectivity index (χ4v) is 4.96. The van der Waals surface area contributed by atoms with Gasteiger partial charge in [-0.3, -0.25) is 9.78 Å². The van der Waals surface area contributed by atoms with Crippen LogP contribution in [0, 0.1) is 6.92 Å². The lowest BCUT2D eigenvalue weighted by atomic mass is 10.0. The molecule has 34 heavy (non-hydrogen) atoms. The molecule has 1 aliphatic rings. The van der Waals surface area contributed by atoms with E-state index in [-0.39, 0.29) is 12.2 Å². The number of hydrogen-bond acceptors (Lipinski definition) is 9. The van der Waals surface area contributed by atoms with Gasteiger partial charge in [-0.05, 0) is 70.2 Å². The number of anilines is 1. The van der Waals surface area contributed by atoms with Crippen molar-refractivity contribution in [2.75, 3.05) is 32.1 Å². The van der Waals surface area contributed by atoms with E-state index in [1.165, 1.54) is 11.3 Å². The van der Waals surface area contributed by atoms with Gasteiger partial charge < -0.3 is 9.80 Å². The Morgan fingerprint density at radius 2 is 1.97 bits per heavy atom. The lowest BCUT2D eigenvalue weighted by Gasteiger charge is -2.35. The number of carbonyl (C=O) groups is 1. The Labute approximate surface area is 202 Å². The number of ketones is 1. The first-order valence-electron chi connectivity index (χ1n) is 11.4. The van der Waals surface area contributed by atoms with Crippen LogP contribution in [0.2, 0.25) is 0 Å². The second-order valence-corrected chi connectivity index (χ2v) is 10.0. The molecule has 1 fully saturated rings. The summed E-state index contributed by atoms with van der Waals surface area (Å²) in [6, 6.07) is 9.90. The van der Waals surface area contributed by atoms with Gasteiger partial charge in [-0.25, -0.2) is 9.97 Å². The van der Waals surface area contributed by atoms with Crippen molar-refractivity contribution in [1.29, 1.82) is 0 Å². The van der Waals surface area contributed by atoms with E-state index in [1.807, 2.05) is 31.2 Å². The van der Waals surface area contributed by atoms with Crippen molar-refractivity contribution in [1.82, 2.24) is 30.0 Å². The van der Waals surface area contributed by atoms with Gasteiger partial charge in [0.05, 0.1) is 17.6 Å². The number of nitrogens with zero attached hydrogens (tertiary/aromatic N) is 7. The van der Waals surface area contributed by atoms with Crippen molar-refractivity contribution in [2.24, 2.45) is 0 Å². The Kier molecular flexibility index (Phi) is 6.30. The highest BCUT2D eigenvalue weighted by atomic mass is 32.1. The number of piperidine rings is 1. The predicted octanol–water partition coefficient (Wildman–Crippen LogP) is 3.81. The van der Waals surface area contributed by atoms with Crippen LogP contribution in [0.1, 0.15) is 33.9 Å². The molecule has 0 unspecified atom stereocenters. The van der Waals surface area contributed by atoms with Crippen LogP contribution in [0.4, 0.5) is 5.82 Å². The van der Waals surface area contributed by atoms with E-state index in [0.717, 1.165) is 58.4 Å². The predicted molar refractivity (Wildman–Crippen MR) is 134 cm³/mol. The van der Waals surface area contributed by atoms with Crippen LogP contribution < -0.4 is 4.90 Å². The summed E-state index contributed by atoms with van der Waals surface area (Å²) in [6.45, 7) is 4.08. The average Bonchev–Trinajstić information content (AvgIpc) is 3.30. The molecule has 1 aliphatic heterocycles. The van der Waals surface area contributed by atoms with Gasteiger partial charge in [-0.1, -0.05) is 11.3 Å². The molecule has 5 rings (SSSR count). The Bertz CT molecular complexity index is 1330. The largest absolute Gasteiger partial charge is 0.357 e. The molecule has 1 saturated heterocycles. The van der Waals surface area contributed by atoms with Crippen LogP contribution in [0.5, 0.6) is 0 Å². The molecule has 0 radical (unpaired) electrons. The van der Waals surface area contributed by atoms with Gasteiger partial charge in [-0.2, -0.15) is 0 Å². The molecule has 9 heteroatoms. The summed E-state index contributed by atoms with van der Waals surface area (Å²) in [4.78, 5) is 31.4. The Morgan fingerprint density at radius 3 is 2.74 bits per heavy atom. The Morgan fingerprint density at radius 1 is 1.15 bits per heavy atom. The van der Waals surface area contributed by atoms with Gasteiger partial charge in [0.15, 0.2) is 10.8 Å². The monoisotopic (exact) mass is 473 g/mol. The zero-order valence-corrected chi connectivity index (χ0v) is 20.4. The first-order valence-corrected chi connectivity index (χ1v) is 12.2. The molecule has 0 aromatic carbocycles. The fourth-order valence-electron chi connectivity index (χ4n) is 4.29. The third-order valence-electron chi connectivity index (χ3n) is 6.38. The number of Topliss-reactive ketones (excluding diaryl/α,β-unsaturated/α-hetero) is 1. The van der Waals surface area contributed by atoms with Gasteiger partial charge in [-0.15, -0.1) is 10.2 Å². The number of aromatic nitrogens is 5.